The molecule has 0 aliphatic carbocycles. The Balaban J connectivity index is 2.67. The topological polar surface area (TPSA) is 77.8 Å². The monoisotopic (exact) mass is 237 g/mol. The highest BCUT2D eigenvalue weighted by molar-refractivity contribution is 5.74. The highest BCUT2D eigenvalue weighted by Crippen LogP contribution is 2.10. The van der Waals surface area contributed by atoms with Gasteiger partial charge in [-0.05, 0) is 12.0 Å². The number of hydroxylamine groups is 2. The van der Waals surface area contributed by atoms with E-state index in [1.165, 1.54) is 6.92 Å². The predicted molar refractivity (Wildman–Crippen MR) is 60.4 cm³/mol. The summed E-state index contributed by atoms with van der Waals surface area (Å²) in [4.78, 5) is 21.9. The van der Waals surface area contributed by atoms with E-state index >= 15 is 0 Å². The lowest BCUT2D eigenvalue weighted by molar-refractivity contribution is -0.168. The Hall–Kier alpha value is -1.88. The number of amides is 1. The summed E-state index contributed by atoms with van der Waals surface area (Å²) in [6.07, 6.45) is 0.278. The summed E-state index contributed by atoms with van der Waals surface area (Å²) >= 11 is 0. The summed E-state index contributed by atoms with van der Waals surface area (Å²) in [5, 5.41) is 18.7. The molecule has 0 heterocycles. The summed E-state index contributed by atoms with van der Waals surface area (Å²) in [5.41, 5.74) is 0.858. The zero-order valence-electron chi connectivity index (χ0n) is 9.54. The fourth-order valence-electron chi connectivity index (χ4n) is 1.47. The van der Waals surface area contributed by atoms with Crippen LogP contribution in [0.25, 0.3) is 0 Å². The Morgan fingerprint density at radius 2 is 1.88 bits per heavy atom. The molecule has 0 fully saturated rings. The van der Waals surface area contributed by atoms with Gasteiger partial charge < -0.3 is 5.11 Å². The largest absolute Gasteiger partial charge is 0.481 e. The van der Waals surface area contributed by atoms with Gasteiger partial charge in [-0.25, -0.2) is 5.06 Å². The quantitative estimate of drug-likeness (QED) is 0.595. The summed E-state index contributed by atoms with van der Waals surface area (Å²) < 4.78 is 0. The van der Waals surface area contributed by atoms with Gasteiger partial charge >= 0.3 is 5.97 Å². The van der Waals surface area contributed by atoms with Crippen molar-refractivity contribution in [2.24, 2.45) is 5.92 Å². The fraction of sp³-hybridized carbons (Fsp3) is 0.333. The van der Waals surface area contributed by atoms with Crippen molar-refractivity contribution in [3.63, 3.8) is 0 Å². The van der Waals surface area contributed by atoms with Crippen LogP contribution in [0.2, 0.25) is 0 Å². The molecule has 0 aliphatic heterocycles. The second kappa shape index (κ2) is 6.00. The van der Waals surface area contributed by atoms with E-state index in [-0.39, 0.29) is 13.0 Å². The number of carbonyl (C=O) groups is 2. The molecule has 1 unspecified atom stereocenters. The van der Waals surface area contributed by atoms with Gasteiger partial charge in [-0.15, -0.1) is 0 Å². The van der Waals surface area contributed by atoms with Crippen LogP contribution in [0.15, 0.2) is 30.3 Å². The molecule has 0 saturated carbocycles. The first-order chi connectivity index (χ1) is 8.00. The zero-order chi connectivity index (χ0) is 12.8. The molecule has 5 heteroatoms. The fourth-order valence-corrected chi connectivity index (χ4v) is 1.47. The maximum atomic E-state index is 11.0. The van der Waals surface area contributed by atoms with E-state index < -0.39 is 17.8 Å². The summed E-state index contributed by atoms with van der Waals surface area (Å²) in [6.45, 7) is 0.973. The molecule has 0 bridgehead atoms. The van der Waals surface area contributed by atoms with Crippen LogP contribution in [0.3, 0.4) is 0 Å². The average molecular weight is 237 g/mol. The zero-order valence-corrected chi connectivity index (χ0v) is 9.54. The predicted octanol–water partition coefficient (Wildman–Crippen LogP) is 1.17. The standard InChI is InChI=1S/C12H15NO4/c1-9(14)13(17)8-11(12(15)16)7-10-5-3-2-4-6-10/h2-6,11,17H,7-8H2,1H3,(H,15,16). The SMILES string of the molecule is CC(=O)N(O)CC(Cc1ccccc1)C(=O)O. The molecule has 1 atom stereocenters. The molecule has 17 heavy (non-hydrogen) atoms. The molecule has 2 N–H and O–H groups in total. The first-order valence-electron chi connectivity index (χ1n) is 5.24. The van der Waals surface area contributed by atoms with E-state index in [4.69, 9.17) is 5.11 Å². The third-order valence-corrected chi connectivity index (χ3v) is 2.43. The van der Waals surface area contributed by atoms with Crippen LogP contribution in [-0.4, -0.2) is 33.8 Å². The van der Waals surface area contributed by atoms with Gasteiger partial charge in [0.25, 0.3) is 0 Å². The summed E-state index contributed by atoms with van der Waals surface area (Å²) in [7, 11) is 0. The van der Waals surface area contributed by atoms with Gasteiger partial charge in [-0.1, -0.05) is 30.3 Å². The van der Waals surface area contributed by atoms with Gasteiger partial charge in [0.1, 0.15) is 0 Å². The minimum atomic E-state index is -1.03. The molecule has 0 saturated heterocycles. The Morgan fingerprint density at radius 1 is 1.29 bits per heavy atom. The van der Waals surface area contributed by atoms with Crippen molar-refractivity contribution in [1.82, 2.24) is 5.06 Å². The van der Waals surface area contributed by atoms with Crippen LogP contribution in [0.4, 0.5) is 0 Å². The average Bonchev–Trinajstić information content (AvgIpc) is 2.29. The second-order valence-corrected chi connectivity index (χ2v) is 3.83. The number of carboxylic acids is 1. The minimum absolute atomic E-state index is 0.209. The van der Waals surface area contributed by atoms with Gasteiger partial charge in [0.15, 0.2) is 0 Å². The molecule has 0 spiro atoms. The van der Waals surface area contributed by atoms with Crippen molar-refractivity contribution < 1.29 is 19.9 Å². The third-order valence-electron chi connectivity index (χ3n) is 2.43. The van der Waals surface area contributed by atoms with Crippen LogP contribution < -0.4 is 0 Å². The first-order valence-corrected chi connectivity index (χ1v) is 5.24. The van der Waals surface area contributed by atoms with Gasteiger partial charge in [0, 0.05) is 6.92 Å². The van der Waals surface area contributed by atoms with E-state index in [1.54, 1.807) is 0 Å². The van der Waals surface area contributed by atoms with Crippen molar-refractivity contribution in [2.75, 3.05) is 6.54 Å². The first kappa shape index (κ1) is 13.2. The molecule has 0 radical (unpaired) electrons. The number of carboxylic acid groups (broad SMARTS) is 1. The van der Waals surface area contributed by atoms with E-state index in [2.05, 4.69) is 0 Å². The summed E-state index contributed by atoms with van der Waals surface area (Å²) in [5.74, 6) is -2.41. The molecule has 5 nitrogen and oxygen atoms in total. The van der Waals surface area contributed by atoms with Crippen LogP contribution in [0.1, 0.15) is 12.5 Å². The van der Waals surface area contributed by atoms with Gasteiger partial charge in [0.2, 0.25) is 5.91 Å². The molecule has 1 aromatic rings. The number of rotatable bonds is 5. The maximum Gasteiger partial charge on any atom is 0.308 e. The van der Waals surface area contributed by atoms with E-state index in [0.29, 0.717) is 5.06 Å². The van der Waals surface area contributed by atoms with Crippen molar-refractivity contribution in [1.29, 1.82) is 0 Å². The molecule has 1 aromatic carbocycles. The molecule has 1 amide bonds. The number of aliphatic carboxylic acids is 1. The van der Waals surface area contributed by atoms with Gasteiger partial charge in [-0.3, -0.25) is 14.8 Å². The van der Waals surface area contributed by atoms with Crippen LogP contribution in [0.5, 0.6) is 0 Å². The Morgan fingerprint density at radius 3 is 2.35 bits per heavy atom. The summed E-state index contributed by atoms with van der Waals surface area (Å²) in [6, 6.07) is 9.09. The number of carbonyl (C=O) groups excluding carboxylic acids is 1. The lowest BCUT2D eigenvalue weighted by Crippen LogP contribution is -2.35. The highest BCUT2D eigenvalue weighted by Gasteiger charge is 2.22. The van der Waals surface area contributed by atoms with Crippen molar-refractivity contribution in [3.05, 3.63) is 35.9 Å². The highest BCUT2D eigenvalue weighted by atomic mass is 16.5. The second-order valence-electron chi connectivity index (χ2n) is 3.83. The van der Waals surface area contributed by atoms with Crippen molar-refractivity contribution >= 4 is 11.9 Å². The van der Waals surface area contributed by atoms with Crippen molar-refractivity contribution in [3.8, 4) is 0 Å². The number of hydrogen-bond donors (Lipinski definition) is 2. The van der Waals surface area contributed by atoms with E-state index in [0.717, 1.165) is 5.56 Å². The maximum absolute atomic E-state index is 11.0. The molecule has 0 aliphatic rings. The Kier molecular flexibility index (Phi) is 4.66. The third kappa shape index (κ3) is 4.24. The Bertz CT molecular complexity index is 391. The van der Waals surface area contributed by atoms with Crippen molar-refractivity contribution in [2.45, 2.75) is 13.3 Å². The minimum Gasteiger partial charge on any atom is -0.481 e. The molecule has 1 rings (SSSR count). The number of nitrogens with zero attached hydrogens (tertiary/aromatic N) is 1. The van der Waals surface area contributed by atoms with Gasteiger partial charge in [0.05, 0.1) is 12.5 Å². The number of hydrogen-bond acceptors (Lipinski definition) is 3. The van der Waals surface area contributed by atoms with Crippen LogP contribution in [-0.2, 0) is 16.0 Å². The molecular formula is C12H15NO4. The molecular weight excluding hydrogens is 222 g/mol. The lowest BCUT2D eigenvalue weighted by Gasteiger charge is -2.18. The lowest BCUT2D eigenvalue weighted by atomic mass is 9.99. The van der Waals surface area contributed by atoms with Crippen LogP contribution in [0, 0.1) is 5.92 Å². The number of benzene rings is 1. The van der Waals surface area contributed by atoms with E-state index in [9.17, 15) is 14.8 Å². The molecule has 0 aromatic heterocycles. The smallest absolute Gasteiger partial charge is 0.308 e. The normalized spacial score (nSPS) is 11.9. The molecule has 92 valence electrons. The Labute approximate surface area is 99.2 Å². The van der Waals surface area contributed by atoms with Gasteiger partial charge in [-0.2, -0.15) is 0 Å². The van der Waals surface area contributed by atoms with E-state index in [1.807, 2.05) is 30.3 Å². The van der Waals surface area contributed by atoms with Crippen LogP contribution >= 0.6 is 0 Å².